The molecule has 1 fully saturated rings. The van der Waals surface area contributed by atoms with Gasteiger partial charge in [-0.2, -0.15) is 0 Å². The summed E-state index contributed by atoms with van der Waals surface area (Å²) in [5, 5.41) is 3.23. The molecule has 0 atom stereocenters. The molecule has 136 valence electrons. The van der Waals surface area contributed by atoms with Crippen molar-refractivity contribution in [2.75, 3.05) is 31.1 Å². The molecule has 3 rings (SSSR count). The Hall–Kier alpha value is -2.53. The molecule has 0 aliphatic carbocycles. The molecular formula is C20H22ClN3O2. The van der Waals surface area contributed by atoms with Gasteiger partial charge in [0, 0.05) is 43.4 Å². The standard InChI is InChI=1S/C20H22ClN3O2/c1-15-5-4-7-17(13-15)23-9-11-24(12-10-23)20(26)19(25)22-14-16-6-2-3-8-18(16)21/h2-8,13H,9-12,14H2,1H3,(H,22,25). The SMILES string of the molecule is Cc1cccc(N2CCN(C(=O)C(=O)NCc3ccccc3Cl)CC2)c1. The Morgan fingerprint density at radius 2 is 1.77 bits per heavy atom. The van der Waals surface area contributed by atoms with Crippen molar-refractivity contribution in [2.45, 2.75) is 13.5 Å². The van der Waals surface area contributed by atoms with Crippen molar-refractivity contribution >= 4 is 29.1 Å². The van der Waals surface area contributed by atoms with Gasteiger partial charge in [-0.3, -0.25) is 9.59 Å². The summed E-state index contributed by atoms with van der Waals surface area (Å²) in [4.78, 5) is 28.4. The van der Waals surface area contributed by atoms with Gasteiger partial charge >= 0.3 is 11.8 Å². The van der Waals surface area contributed by atoms with E-state index >= 15 is 0 Å². The van der Waals surface area contributed by atoms with Crippen LogP contribution in [0.5, 0.6) is 0 Å². The largest absolute Gasteiger partial charge is 0.368 e. The highest BCUT2D eigenvalue weighted by atomic mass is 35.5. The first-order valence-corrected chi connectivity index (χ1v) is 9.04. The minimum Gasteiger partial charge on any atom is -0.368 e. The number of benzene rings is 2. The highest BCUT2D eigenvalue weighted by Crippen LogP contribution is 2.18. The summed E-state index contributed by atoms with van der Waals surface area (Å²) < 4.78 is 0. The van der Waals surface area contributed by atoms with E-state index in [9.17, 15) is 9.59 Å². The van der Waals surface area contributed by atoms with Crippen LogP contribution in [0.15, 0.2) is 48.5 Å². The van der Waals surface area contributed by atoms with Gasteiger partial charge in [-0.1, -0.05) is 41.9 Å². The quantitative estimate of drug-likeness (QED) is 0.844. The van der Waals surface area contributed by atoms with Crippen LogP contribution in [-0.4, -0.2) is 42.9 Å². The van der Waals surface area contributed by atoms with E-state index in [1.807, 2.05) is 24.3 Å². The molecule has 1 heterocycles. The number of piperazine rings is 1. The van der Waals surface area contributed by atoms with Gasteiger partial charge in [0.25, 0.3) is 0 Å². The molecule has 0 saturated carbocycles. The second-order valence-electron chi connectivity index (χ2n) is 6.39. The summed E-state index contributed by atoms with van der Waals surface area (Å²) in [6.45, 7) is 4.80. The molecule has 1 N–H and O–H groups in total. The van der Waals surface area contributed by atoms with Gasteiger partial charge < -0.3 is 15.1 Å². The minimum atomic E-state index is -0.589. The molecular weight excluding hydrogens is 350 g/mol. The topological polar surface area (TPSA) is 52.7 Å². The van der Waals surface area contributed by atoms with E-state index in [2.05, 4.69) is 35.3 Å². The first-order valence-electron chi connectivity index (χ1n) is 8.67. The number of aryl methyl sites for hydroxylation is 1. The van der Waals surface area contributed by atoms with E-state index in [0.29, 0.717) is 31.2 Å². The van der Waals surface area contributed by atoms with Gasteiger partial charge in [0.15, 0.2) is 0 Å². The molecule has 0 radical (unpaired) electrons. The first kappa shape index (κ1) is 18.3. The number of hydrogen-bond acceptors (Lipinski definition) is 3. The lowest BCUT2D eigenvalue weighted by Crippen LogP contribution is -2.52. The summed E-state index contributed by atoms with van der Waals surface area (Å²) >= 11 is 6.07. The zero-order valence-corrected chi connectivity index (χ0v) is 15.5. The summed E-state index contributed by atoms with van der Waals surface area (Å²) in [5.41, 5.74) is 3.15. The van der Waals surface area contributed by atoms with Crippen molar-refractivity contribution in [1.29, 1.82) is 0 Å². The van der Waals surface area contributed by atoms with Crippen molar-refractivity contribution in [3.8, 4) is 0 Å². The third-order valence-corrected chi connectivity index (χ3v) is 4.89. The Morgan fingerprint density at radius 1 is 1.04 bits per heavy atom. The van der Waals surface area contributed by atoms with Crippen LogP contribution >= 0.6 is 11.6 Å². The molecule has 0 bridgehead atoms. The second-order valence-corrected chi connectivity index (χ2v) is 6.80. The lowest BCUT2D eigenvalue weighted by molar-refractivity contribution is -0.146. The second kappa shape index (κ2) is 8.23. The number of nitrogens with zero attached hydrogens (tertiary/aromatic N) is 2. The highest BCUT2D eigenvalue weighted by molar-refractivity contribution is 6.35. The normalized spacial score (nSPS) is 14.2. The fourth-order valence-electron chi connectivity index (χ4n) is 3.03. The van der Waals surface area contributed by atoms with E-state index < -0.39 is 11.8 Å². The van der Waals surface area contributed by atoms with Crippen LogP contribution in [-0.2, 0) is 16.1 Å². The molecule has 5 nitrogen and oxygen atoms in total. The predicted octanol–water partition coefficient (Wildman–Crippen LogP) is 2.61. The molecule has 0 spiro atoms. The lowest BCUT2D eigenvalue weighted by atomic mass is 10.2. The zero-order chi connectivity index (χ0) is 18.5. The number of carbonyl (C=O) groups is 2. The molecule has 26 heavy (non-hydrogen) atoms. The van der Waals surface area contributed by atoms with Crippen LogP contribution in [0.25, 0.3) is 0 Å². The fourth-order valence-corrected chi connectivity index (χ4v) is 3.23. The Labute approximate surface area is 158 Å². The monoisotopic (exact) mass is 371 g/mol. The van der Waals surface area contributed by atoms with Crippen LogP contribution in [0.3, 0.4) is 0 Å². The van der Waals surface area contributed by atoms with Gasteiger partial charge in [-0.05, 0) is 36.2 Å². The van der Waals surface area contributed by atoms with Crippen LogP contribution in [0, 0.1) is 6.92 Å². The molecule has 2 aromatic carbocycles. The molecule has 1 aliphatic heterocycles. The van der Waals surface area contributed by atoms with Gasteiger partial charge in [0.2, 0.25) is 0 Å². The van der Waals surface area contributed by atoms with Gasteiger partial charge in [-0.25, -0.2) is 0 Å². The number of hydrogen-bond donors (Lipinski definition) is 1. The summed E-state index contributed by atoms with van der Waals surface area (Å²) in [7, 11) is 0. The molecule has 2 aromatic rings. The maximum atomic E-state index is 12.4. The van der Waals surface area contributed by atoms with Gasteiger partial charge in [0.1, 0.15) is 0 Å². The molecule has 1 aliphatic rings. The van der Waals surface area contributed by atoms with E-state index in [1.54, 1.807) is 11.0 Å². The third-order valence-electron chi connectivity index (χ3n) is 4.53. The Balaban J connectivity index is 1.51. The number of rotatable bonds is 3. The Bertz CT molecular complexity index is 801. The van der Waals surface area contributed by atoms with E-state index in [0.717, 1.165) is 11.3 Å². The number of amides is 2. The van der Waals surface area contributed by atoms with Crippen LogP contribution in [0.2, 0.25) is 5.02 Å². The summed E-state index contributed by atoms with van der Waals surface area (Å²) in [6, 6.07) is 15.6. The fraction of sp³-hybridized carbons (Fsp3) is 0.300. The van der Waals surface area contributed by atoms with Crippen LogP contribution in [0.1, 0.15) is 11.1 Å². The summed E-state index contributed by atoms with van der Waals surface area (Å²) in [5.74, 6) is -1.07. The zero-order valence-electron chi connectivity index (χ0n) is 14.7. The van der Waals surface area contributed by atoms with Crippen LogP contribution in [0.4, 0.5) is 5.69 Å². The van der Waals surface area contributed by atoms with Crippen LogP contribution < -0.4 is 10.2 Å². The minimum absolute atomic E-state index is 0.244. The van der Waals surface area contributed by atoms with Crippen molar-refractivity contribution in [3.63, 3.8) is 0 Å². The Kier molecular flexibility index (Phi) is 5.78. The maximum absolute atomic E-state index is 12.4. The average molecular weight is 372 g/mol. The lowest BCUT2D eigenvalue weighted by Gasteiger charge is -2.35. The first-order chi connectivity index (χ1) is 12.5. The third kappa shape index (κ3) is 4.35. The molecule has 0 aromatic heterocycles. The number of halogens is 1. The van der Waals surface area contributed by atoms with E-state index in [-0.39, 0.29) is 6.54 Å². The van der Waals surface area contributed by atoms with Gasteiger partial charge in [0.05, 0.1) is 0 Å². The van der Waals surface area contributed by atoms with E-state index in [1.165, 1.54) is 5.56 Å². The van der Waals surface area contributed by atoms with Gasteiger partial charge in [-0.15, -0.1) is 0 Å². The molecule has 2 amide bonds. The maximum Gasteiger partial charge on any atom is 0.312 e. The van der Waals surface area contributed by atoms with E-state index in [4.69, 9.17) is 11.6 Å². The van der Waals surface area contributed by atoms with Crippen molar-refractivity contribution in [2.24, 2.45) is 0 Å². The number of nitrogens with one attached hydrogen (secondary N) is 1. The number of anilines is 1. The average Bonchev–Trinajstić information content (AvgIpc) is 2.66. The molecule has 0 unspecified atom stereocenters. The molecule has 1 saturated heterocycles. The number of carbonyl (C=O) groups excluding carboxylic acids is 2. The van der Waals surface area contributed by atoms with Crippen molar-refractivity contribution < 1.29 is 9.59 Å². The Morgan fingerprint density at radius 3 is 2.46 bits per heavy atom. The smallest absolute Gasteiger partial charge is 0.312 e. The highest BCUT2D eigenvalue weighted by Gasteiger charge is 2.26. The van der Waals surface area contributed by atoms with Crippen molar-refractivity contribution in [1.82, 2.24) is 10.2 Å². The summed E-state index contributed by atoms with van der Waals surface area (Å²) in [6.07, 6.45) is 0. The molecule has 6 heteroatoms. The predicted molar refractivity (Wildman–Crippen MR) is 103 cm³/mol. The van der Waals surface area contributed by atoms with Crippen molar-refractivity contribution in [3.05, 3.63) is 64.7 Å².